The normalized spacial score (nSPS) is 10.2. The number of carbonyl (C=O) groups is 2. The van der Waals surface area contributed by atoms with E-state index in [1.807, 2.05) is 54.2 Å². The molecule has 29 heavy (non-hydrogen) atoms. The van der Waals surface area contributed by atoms with Crippen molar-refractivity contribution >= 4 is 29.3 Å². The van der Waals surface area contributed by atoms with Crippen molar-refractivity contribution in [3.63, 3.8) is 0 Å². The number of carbonyl (C=O) groups excluding carboxylic acids is 2. The topological polar surface area (TPSA) is 84.1 Å². The van der Waals surface area contributed by atoms with Gasteiger partial charge in [-0.2, -0.15) is 5.26 Å². The highest BCUT2D eigenvalue weighted by atomic mass is 32.2. The lowest BCUT2D eigenvalue weighted by Crippen LogP contribution is -2.21. The van der Waals surface area contributed by atoms with Gasteiger partial charge in [0, 0.05) is 23.0 Å². The molecule has 6 nitrogen and oxygen atoms in total. The summed E-state index contributed by atoms with van der Waals surface area (Å²) in [6.45, 7) is 1.56. The van der Waals surface area contributed by atoms with Crippen molar-refractivity contribution in [1.82, 2.24) is 4.57 Å². The molecule has 0 aliphatic rings. The zero-order valence-electron chi connectivity index (χ0n) is 15.8. The number of esters is 1. The number of aromatic nitrogens is 1. The van der Waals surface area contributed by atoms with Crippen molar-refractivity contribution in [2.75, 3.05) is 17.7 Å². The Hall–Kier alpha value is -3.50. The summed E-state index contributed by atoms with van der Waals surface area (Å²) in [5, 5.41) is 11.5. The molecule has 0 bridgehead atoms. The number of para-hydroxylation sites is 1. The number of ether oxygens (including phenoxy) is 1. The van der Waals surface area contributed by atoms with Crippen LogP contribution in [0.4, 0.5) is 5.69 Å². The Morgan fingerprint density at radius 3 is 2.66 bits per heavy atom. The molecule has 0 radical (unpaired) electrons. The van der Waals surface area contributed by atoms with Gasteiger partial charge in [-0.25, -0.2) is 4.79 Å². The Labute approximate surface area is 173 Å². The highest BCUT2D eigenvalue weighted by Gasteiger charge is 2.13. The van der Waals surface area contributed by atoms with Crippen molar-refractivity contribution in [3.05, 3.63) is 78.1 Å². The first-order valence-electron chi connectivity index (χ1n) is 8.88. The lowest BCUT2D eigenvalue weighted by Gasteiger charge is -2.11. The number of nitrogens with one attached hydrogen (secondary N) is 1. The summed E-state index contributed by atoms with van der Waals surface area (Å²) in [6, 6.07) is 18.3. The smallest absolute Gasteiger partial charge is 0.338 e. The van der Waals surface area contributed by atoms with Gasteiger partial charge in [0.25, 0.3) is 5.91 Å². The SMILES string of the molecule is Cc1ccc(C(=O)OCC(=O)Nc2ccccc2SCC#N)cc1-n1cccc1. The largest absolute Gasteiger partial charge is 0.452 e. The molecule has 1 N–H and O–H groups in total. The maximum atomic E-state index is 12.4. The standard InChI is InChI=1S/C22H19N3O3S/c1-16-8-9-17(14-19(16)25-11-4-5-12-25)22(27)28-15-21(26)24-18-6-2-3-7-20(18)29-13-10-23/h2-9,11-12,14H,13,15H2,1H3,(H,24,26). The number of hydrogen-bond donors (Lipinski definition) is 1. The zero-order valence-corrected chi connectivity index (χ0v) is 16.6. The van der Waals surface area contributed by atoms with Gasteiger partial charge >= 0.3 is 5.97 Å². The molecule has 0 saturated heterocycles. The van der Waals surface area contributed by atoms with Crippen molar-refractivity contribution in [3.8, 4) is 11.8 Å². The molecular weight excluding hydrogens is 386 g/mol. The van der Waals surface area contributed by atoms with Gasteiger partial charge in [-0.15, -0.1) is 11.8 Å². The predicted molar refractivity (Wildman–Crippen MR) is 112 cm³/mol. The number of hydrogen-bond acceptors (Lipinski definition) is 5. The van der Waals surface area contributed by atoms with Crippen LogP contribution >= 0.6 is 11.8 Å². The van der Waals surface area contributed by atoms with E-state index in [9.17, 15) is 9.59 Å². The van der Waals surface area contributed by atoms with E-state index in [4.69, 9.17) is 10.00 Å². The molecule has 0 spiro atoms. The number of anilines is 1. The van der Waals surface area contributed by atoms with Crippen molar-refractivity contribution in [2.24, 2.45) is 0 Å². The molecule has 1 heterocycles. The highest BCUT2D eigenvalue weighted by Crippen LogP contribution is 2.26. The van der Waals surface area contributed by atoms with Gasteiger partial charge in [0.05, 0.1) is 23.1 Å². The number of aryl methyl sites for hydroxylation is 1. The quantitative estimate of drug-likeness (QED) is 0.470. The average molecular weight is 405 g/mol. The van der Waals surface area contributed by atoms with Crippen LogP contribution in [0.5, 0.6) is 0 Å². The summed E-state index contributed by atoms with van der Waals surface area (Å²) in [5.41, 5.74) is 2.84. The van der Waals surface area contributed by atoms with Gasteiger partial charge in [0.2, 0.25) is 0 Å². The van der Waals surface area contributed by atoms with Crippen molar-refractivity contribution in [2.45, 2.75) is 11.8 Å². The second-order valence-corrected chi connectivity index (χ2v) is 7.18. The Morgan fingerprint density at radius 1 is 1.14 bits per heavy atom. The van der Waals surface area contributed by atoms with Gasteiger partial charge in [0.15, 0.2) is 6.61 Å². The second kappa shape index (κ2) is 9.62. The summed E-state index contributed by atoms with van der Waals surface area (Å²) < 4.78 is 7.09. The average Bonchev–Trinajstić information content (AvgIpc) is 3.26. The summed E-state index contributed by atoms with van der Waals surface area (Å²) in [4.78, 5) is 25.4. The van der Waals surface area contributed by atoms with Gasteiger partial charge in [-0.3, -0.25) is 4.79 Å². The molecular formula is C22H19N3O3S. The molecule has 0 aliphatic carbocycles. The van der Waals surface area contributed by atoms with Gasteiger partial charge in [-0.05, 0) is 48.9 Å². The van der Waals surface area contributed by atoms with Crippen LogP contribution in [0.2, 0.25) is 0 Å². The zero-order chi connectivity index (χ0) is 20.6. The molecule has 0 aliphatic heterocycles. The van der Waals surface area contributed by atoms with Crippen LogP contribution in [0.25, 0.3) is 5.69 Å². The molecule has 2 aromatic carbocycles. The molecule has 0 atom stereocenters. The van der Waals surface area contributed by atoms with E-state index in [1.54, 1.807) is 24.3 Å². The first kappa shape index (κ1) is 20.2. The number of thioether (sulfide) groups is 1. The van der Waals surface area contributed by atoms with Crippen LogP contribution in [0, 0.1) is 18.3 Å². The van der Waals surface area contributed by atoms with Gasteiger partial charge in [0.1, 0.15) is 0 Å². The van der Waals surface area contributed by atoms with Crippen LogP contribution in [0.15, 0.2) is 71.9 Å². The molecule has 146 valence electrons. The van der Waals surface area contributed by atoms with Crippen molar-refractivity contribution < 1.29 is 14.3 Å². The van der Waals surface area contributed by atoms with E-state index in [2.05, 4.69) is 11.4 Å². The minimum absolute atomic E-state index is 0.277. The number of nitriles is 1. The Morgan fingerprint density at radius 2 is 1.90 bits per heavy atom. The summed E-state index contributed by atoms with van der Waals surface area (Å²) >= 11 is 1.33. The molecule has 0 fully saturated rings. The minimum atomic E-state index is -0.569. The van der Waals surface area contributed by atoms with E-state index in [1.165, 1.54) is 11.8 Å². The molecule has 0 unspecified atom stereocenters. The Kier molecular flexibility index (Phi) is 6.72. The predicted octanol–water partition coefficient (Wildman–Crippen LogP) is 4.20. The first-order chi connectivity index (χ1) is 14.1. The molecule has 7 heteroatoms. The van der Waals surface area contributed by atoms with Gasteiger partial charge < -0.3 is 14.6 Å². The molecule has 1 aromatic heterocycles. The van der Waals surface area contributed by atoms with E-state index in [0.29, 0.717) is 11.3 Å². The summed E-state index contributed by atoms with van der Waals surface area (Å²) in [6.07, 6.45) is 3.79. The fraction of sp³-hybridized carbons (Fsp3) is 0.136. The van der Waals surface area contributed by atoms with Crippen LogP contribution < -0.4 is 5.32 Å². The molecule has 1 amide bonds. The van der Waals surface area contributed by atoms with Crippen LogP contribution in [-0.4, -0.2) is 28.8 Å². The number of benzene rings is 2. The van der Waals surface area contributed by atoms with Gasteiger partial charge in [-0.1, -0.05) is 18.2 Å². The monoisotopic (exact) mass is 405 g/mol. The maximum absolute atomic E-state index is 12.4. The fourth-order valence-corrected chi connectivity index (χ4v) is 3.39. The van der Waals surface area contributed by atoms with Crippen LogP contribution in [0.1, 0.15) is 15.9 Å². The highest BCUT2D eigenvalue weighted by molar-refractivity contribution is 7.99. The van der Waals surface area contributed by atoms with Crippen molar-refractivity contribution in [1.29, 1.82) is 5.26 Å². The molecule has 3 aromatic rings. The van der Waals surface area contributed by atoms with Crippen LogP contribution in [-0.2, 0) is 9.53 Å². The van der Waals surface area contributed by atoms with Crippen LogP contribution in [0.3, 0.4) is 0 Å². The first-order valence-corrected chi connectivity index (χ1v) is 9.87. The molecule has 3 rings (SSSR count). The lowest BCUT2D eigenvalue weighted by atomic mass is 10.1. The maximum Gasteiger partial charge on any atom is 0.338 e. The van der Waals surface area contributed by atoms with E-state index in [-0.39, 0.29) is 5.75 Å². The number of rotatable bonds is 7. The third-order valence-electron chi connectivity index (χ3n) is 4.12. The van der Waals surface area contributed by atoms with E-state index < -0.39 is 18.5 Å². The van der Waals surface area contributed by atoms with E-state index >= 15 is 0 Å². The summed E-state index contributed by atoms with van der Waals surface area (Å²) in [7, 11) is 0. The Bertz CT molecular complexity index is 1060. The second-order valence-electron chi connectivity index (χ2n) is 6.16. The fourth-order valence-electron chi connectivity index (χ4n) is 2.72. The lowest BCUT2D eigenvalue weighted by molar-refractivity contribution is -0.119. The number of amides is 1. The molecule has 0 saturated carbocycles. The third-order valence-corrected chi connectivity index (χ3v) is 5.06. The Balaban J connectivity index is 1.62. The third kappa shape index (κ3) is 5.27. The van der Waals surface area contributed by atoms with E-state index in [0.717, 1.165) is 16.1 Å². The minimum Gasteiger partial charge on any atom is -0.452 e. The number of nitrogens with zero attached hydrogens (tertiary/aromatic N) is 2. The summed E-state index contributed by atoms with van der Waals surface area (Å²) in [5.74, 6) is -0.735.